The number of aromatic nitrogens is 2. The second kappa shape index (κ2) is 8.60. The number of hydrogen-bond acceptors (Lipinski definition) is 3. The zero-order chi connectivity index (χ0) is 22.9. The fraction of sp³-hybridized carbons (Fsp3) is 0.150. The van der Waals surface area contributed by atoms with Gasteiger partial charge in [0.05, 0.1) is 32.6 Å². The second-order valence-corrected chi connectivity index (χ2v) is 7.38. The van der Waals surface area contributed by atoms with Gasteiger partial charge in [-0.2, -0.15) is 18.3 Å². The molecule has 11 heteroatoms. The number of amides is 1. The van der Waals surface area contributed by atoms with Crippen molar-refractivity contribution in [3.63, 3.8) is 0 Å². The van der Waals surface area contributed by atoms with Gasteiger partial charge in [-0.3, -0.25) is 14.7 Å². The molecule has 0 unspecified atom stereocenters. The molecule has 0 saturated carbocycles. The Morgan fingerprint density at radius 1 is 1.10 bits per heavy atom. The number of aromatic amines is 1. The molecule has 3 rings (SSSR count). The van der Waals surface area contributed by atoms with Crippen molar-refractivity contribution in [2.24, 2.45) is 5.10 Å². The van der Waals surface area contributed by atoms with Crippen LogP contribution in [0.25, 0.3) is 5.69 Å². The summed E-state index contributed by atoms with van der Waals surface area (Å²) >= 11 is 11.9. The van der Waals surface area contributed by atoms with E-state index in [0.29, 0.717) is 16.4 Å². The van der Waals surface area contributed by atoms with E-state index in [1.165, 1.54) is 17.7 Å². The van der Waals surface area contributed by atoms with Gasteiger partial charge < -0.3 is 0 Å². The number of halogens is 5. The lowest BCUT2D eigenvalue weighted by Gasteiger charge is -2.07. The zero-order valence-corrected chi connectivity index (χ0v) is 17.7. The van der Waals surface area contributed by atoms with E-state index in [4.69, 9.17) is 23.2 Å². The zero-order valence-electron chi connectivity index (χ0n) is 16.1. The number of H-pyrrole nitrogens is 1. The second-order valence-electron chi connectivity index (χ2n) is 6.56. The van der Waals surface area contributed by atoms with Crippen molar-refractivity contribution in [3.05, 3.63) is 85.2 Å². The van der Waals surface area contributed by atoms with Gasteiger partial charge in [-0.1, -0.05) is 23.2 Å². The number of benzene rings is 2. The van der Waals surface area contributed by atoms with Crippen LogP contribution in [0.3, 0.4) is 0 Å². The summed E-state index contributed by atoms with van der Waals surface area (Å²) < 4.78 is 39.2. The minimum Gasteiger partial charge on any atom is -0.295 e. The molecule has 31 heavy (non-hydrogen) atoms. The molecule has 1 heterocycles. The van der Waals surface area contributed by atoms with E-state index in [1.54, 1.807) is 19.1 Å². The van der Waals surface area contributed by atoms with E-state index >= 15 is 0 Å². The number of aryl methyl sites for hydroxylation is 1. The number of hydrazone groups is 1. The smallest absolute Gasteiger partial charge is 0.295 e. The molecule has 2 N–H and O–H groups in total. The summed E-state index contributed by atoms with van der Waals surface area (Å²) in [5, 5.41) is 7.43. The van der Waals surface area contributed by atoms with Crippen LogP contribution in [-0.2, 0) is 6.18 Å². The number of hydrogen-bond donors (Lipinski definition) is 2. The predicted molar refractivity (Wildman–Crippen MR) is 112 cm³/mol. The topological polar surface area (TPSA) is 79.2 Å². The fourth-order valence-electron chi connectivity index (χ4n) is 2.84. The van der Waals surface area contributed by atoms with Crippen molar-refractivity contribution in [3.8, 4) is 5.69 Å². The van der Waals surface area contributed by atoms with Crippen LogP contribution < -0.4 is 11.0 Å². The predicted octanol–water partition coefficient (Wildman–Crippen LogP) is 4.95. The van der Waals surface area contributed by atoms with Gasteiger partial charge in [-0.25, -0.2) is 10.1 Å². The highest BCUT2D eigenvalue weighted by atomic mass is 35.5. The molecular formula is C20H15Cl2F3N4O2. The van der Waals surface area contributed by atoms with Gasteiger partial charge in [0.1, 0.15) is 0 Å². The molecule has 0 aliphatic carbocycles. The third kappa shape index (κ3) is 4.83. The summed E-state index contributed by atoms with van der Waals surface area (Å²) in [6.45, 7) is 3.17. The van der Waals surface area contributed by atoms with Crippen molar-refractivity contribution < 1.29 is 18.0 Å². The molecule has 3 aromatic rings. The van der Waals surface area contributed by atoms with Crippen molar-refractivity contribution in [2.45, 2.75) is 20.0 Å². The van der Waals surface area contributed by atoms with Gasteiger partial charge in [0.15, 0.2) is 0 Å². The third-order valence-corrected chi connectivity index (χ3v) is 5.13. The molecule has 0 spiro atoms. The van der Waals surface area contributed by atoms with Gasteiger partial charge in [0.2, 0.25) is 0 Å². The molecule has 0 fully saturated rings. The summed E-state index contributed by atoms with van der Waals surface area (Å²) in [5.41, 5.74) is 2.30. The van der Waals surface area contributed by atoms with E-state index < -0.39 is 23.2 Å². The molecule has 0 radical (unpaired) electrons. The standard InChI is InChI=1S/C20H15Cl2F3N4O2/c1-10(26-27-18(30)12-3-5-13(6-4-12)20(23,24)25)17-11(2)28-29(19(17)31)14-7-8-15(21)16(22)9-14/h3-9,28H,1-2H3,(H,27,30)/b26-10-. The highest BCUT2D eigenvalue weighted by Gasteiger charge is 2.30. The normalized spacial score (nSPS) is 12.2. The largest absolute Gasteiger partial charge is 0.416 e. The highest BCUT2D eigenvalue weighted by Crippen LogP contribution is 2.29. The molecule has 6 nitrogen and oxygen atoms in total. The van der Waals surface area contributed by atoms with E-state index in [-0.39, 0.29) is 21.9 Å². The Hall–Kier alpha value is -3.04. The highest BCUT2D eigenvalue weighted by molar-refractivity contribution is 6.42. The molecule has 0 bridgehead atoms. The van der Waals surface area contributed by atoms with Gasteiger partial charge in [0, 0.05) is 11.3 Å². The lowest BCUT2D eigenvalue weighted by atomic mass is 10.1. The quantitative estimate of drug-likeness (QED) is 0.417. The Balaban J connectivity index is 1.83. The lowest BCUT2D eigenvalue weighted by molar-refractivity contribution is -0.137. The molecule has 1 amide bonds. The summed E-state index contributed by atoms with van der Waals surface area (Å²) in [7, 11) is 0. The number of carbonyl (C=O) groups excluding carboxylic acids is 1. The molecule has 162 valence electrons. The summed E-state index contributed by atoms with van der Waals surface area (Å²) in [6, 6.07) is 8.36. The maximum absolute atomic E-state index is 12.8. The van der Waals surface area contributed by atoms with Crippen molar-refractivity contribution >= 4 is 34.8 Å². The molecule has 0 aliphatic rings. The van der Waals surface area contributed by atoms with Crippen LogP contribution in [0.2, 0.25) is 10.0 Å². The Labute approximate surface area is 184 Å². The minimum absolute atomic E-state index is 0.0106. The van der Waals surface area contributed by atoms with Gasteiger partial charge >= 0.3 is 6.18 Å². The van der Waals surface area contributed by atoms with Crippen LogP contribution in [0.1, 0.15) is 34.1 Å². The van der Waals surface area contributed by atoms with Crippen molar-refractivity contribution in [1.82, 2.24) is 15.2 Å². The maximum atomic E-state index is 12.8. The van der Waals surface area contributed by atoms with Crippen molar-refractivity contribution in [2.75, 3.05) is 0 Å². The average Bonchev–Trinajstić information content (AvgIpc) is 3.01. The summed E-state index contributed by atoms with van der Waals surface area (Å²) in [6.07, 6.45) is -4.50. The maximum Gasteiger partial charge on any atom is 0.416 e. The number of nitrogens with one attached hydrogen (secondary N) is 2. The van der Waals surface area contributed by atoms with Crippen LogP contribution in [0.5, 0.6) is 0 Å². The Kier molecular flexibility index (Phi) is 6.28. The van der Waals surface area contributed by atoms with Crippen molar-refractivity contribution in [1.29, 1.82) is 0 Å². The van der Waals surface area contributed by atoms with Crippen LogP contribution in [0.4, 0.5) is 13.2 Å². The monoisotopic (exact) mass is 470 g/mol. The van der Waals surface area contributed by atoms with Gasteiger partial charge in [-0.15, -0.1) is 0 Å². The number of alkyl halides is 3. The third-order valence-electron chi connectivity index (χ3n) is 4.39. The van der Waals surface area contributed by atoms with E-state index in [1.807, 2.05) is 0 Å². The molecular weight excluding hydrogens is 456 g/mol. The van der Waals surface area contributed by atoms with E-state index in [0.717, 1.165) is 24.3 Å². The lowest BCUT2D eigenvalue weighted by Crippen LogP contribution is -2.23. The summed E-state index contributed by atoms with van der Waals surface area (Å²) in [4.78, 5) is 25.0. The van der Waals surface area contributed by atoms with Crippen LogP contribution in [-0.4, -0.2) is 21.4 Å². The Morgan fingerprint density at radius 3 is 2.32 bits per heavy atom. The number of rotatable bonds is 4. The first-order chi connectivity index (χ1) is 14.5. The Bertz CT molecular complexity index is 1230. The fourth-order valence-corrected chi connectivity index (χ4v) is 3.14. The van der Waals surface area contributed by atoms with E-state index in [2.05, 4.69) is 15.6 Å². The average molecular weight is 471 g/mol. The van der Waals surface area contributed by atoms with Crippen LogP contribution in [0.15, 0.2) is 52.4 Å². The van der Waals surface area contributed by atoms with Crippen LogP contribution in [0, 0.1) is 6.92 Å². The van der Waals surface area contributed by atoms with E-state index in [9.17, 15) is 22.8 Å². The Morgan fingerprint density at radius 2 is 1.74 bits per heavy atom. The molecule has 0 aliphatic heterocycles. The first-order valence-electron chi connectivity index (χ1n) is 8.78. The molecule has 1 aromatic heterocycles. The first-order valence-corrected chi connectivity index (χ1v) is 9.54. The summed E-state index contributed by atoms with van der Waals surface area (Å²) in [5.74, 6) is -0.717. The van der Waals surface area contributed by atoms with Gasteiger partial charge in [-0.05, 0) is 56.3 Å². The minimum atomic E-state index is -4.50. The molecule has 0 atom stereocenters. The molecule has 0 saturated heterocycles. The number of carbonyl (C=O) groups is 1. The SMILES string of the molecule is C/C(=N/NC(=O)c1ccc(C(F)(F)F)cc1)c1c(C)[nH]n(-c2ccc(Cl)c(Cl)c2)c1=O. The van der Waals surface area contributed by atoms with Crippen LogP contribution >= 0.6 is 23.2 Å². The molecule has 2 aromatic carbocycles. The first kappa shape index (κ1) is 22.6. The number of nitrogens with zero attached hydrogens (tertiary/aromatic N) is 2. The van der Waals surface area contributed by atoms with Gasteiger partial charge in [0.25, 0.3) is 11.5 Å².